The molecule has 1 aliphatic heterocycles. The topological polar surface area (TPSA) is 70.7 Å². The number of nitrogens with zero attached hydrogens (tertiary/aromatic N) is 1. The molecule has 154 valence electrons. The number of hydrogen-bond donors (Lipinski definition) is 2. The molecule has 0 radical (unpaired) electrons. The minimum absolute atomic E-state index is 0.0794. The Hall–Kier alpha value is -2.86. The summed E-state index contributed by atoms with van der Waals surface area (Å²) in [6.45, 7) is 7.18. The Morgan fingerprint density at radius 3 is 2.55 bits per heavy atom. The fourth-order valence-electron chi connectivity index (χ4n) is 3.41. The first kappa shape index (κ1) is 20.9. The smallest absolute Gasteiger partial charge is 0.222 e. The Kier molecular flexibility index (Phi) is 7.25. The van der Waals surface area contributed by atoms with Crippen molar-refractivity contribution in [1.82, 2.24) is 15.5 Å². The van der Waals surface area contributed by atoms with E-state index < -0.39 is 0 Å². The second kappa shape index (κ2) is 10.1. The molecule has 0 saturated carbocycles. The van der Waals surface area contributed by atoms with Crippen LogP contribution >= 0.6 is 0 Å². The molecule has 3 rings (SSSR count). The number of para-hydroxylation sites is 1. The number of carbonyl (C=O) groups is 2. The minimum atomic E-state index is -0.0794. The van der Waals surface area contributed by atoms with E-state index in [0.29, 0.717) is 25.1 Å². The zero-order chi connectivity index (χ0) is 20.6. The zero-order valence-corrected chi connectivity index (χ0v) is 17.2. The van der Waals surface area contributed by atoms with Gasteiger partial charge in [-0.05, 0) is 31.0 Å². The van der Waals surface area contributed by atoms with E-state index in [1.165, 1.54) is 6.92 Å². The molecule has 1 aliphatic rings. The van der Waals surface area contributed by atoms with E-state index in [-0.39, 0.29) is 11.8 Å². The molecule has 2 aromatic carbocycles. The van der Waals surface area contributed by atoms with Gasteiger partial charge in [-0.25, -0.2) is 0 Å². The molecule has 0 spiro atoms. The van der Waals surface area contributed by atoms with Gasteiger partial charge in [0, 0.05) is 51.6 Å². The van der Waals surface area contributed by atoms with Gasteiger partial charge in [-0.15, -0.1) is 0 Å². The van der Waals surface area contributed by atoms with Gasteiger partial charge in [-0.1, -0.05) is 35.9 Å². The molecular weight excluding hydrogens is 366 g/mol. The third-order valence-electron chi connectivity index (χ3n) is 5.01. The Labute approximate surface area is 172 Å². The van der Waals surface area contributed by atoms with Crippen LogP contribution in [-0.4, -0.2) is 42.9 Å². The number of nitrogens with one attached hydrogen (secondary N) is 2. The van der Waals surface area contributed by atoms with E-state index in [0.717, 1.165) is 48.6 Å². The SMILES string of the molecule is CC(=O)NCc1cc(C)ccc1Oc1ccccc1CCC(=O)N1CCNCC1. The number of hydrogen-bond acceptors (Lipinski definition) is 4. The number of carbonyl (C=O) groups excluding carboxylic acids is 2. The van der Waals surface area contributed by atoms with Gasteiger partial charge in [-0.2, -0.15) is 0 Å². The normalized spacial score (nSPS) is 13.8. The summed E-state index contributed by atoms with van der Waals surface area (Å²) >= 11 is 0. The van der Waals surface area contributed by atoms with Crippen molar-refractivity contribution >= 4 is 11.8 Å². The predicted molar refractivity (Wildman–Crippen MR) is 113 cm³/mol. The van der Waals surface area contributed by atoms with Crippen LogP contribution in [0.4, 0.5) is 0 Å². The van der Waals surface area contributed by atoms with Gasteiger partial charge in [0.15, 0.2) is 0 Å². The largest absolute Gasteiger partial charge is 0.457 e. The molecule has 0 aliphatic carbocycles. The van der Waals surface area contributed by atoms with Crippen LogP contribution in [0.1, 0.15) is 30.0 Å². The standard InChI is InChI=1S/C23H29N3O3/c1-17-7-9-22(20(15-17)16-25-18(2)27)29-21-6-4-3-5-19(21)8-10-23(28)26-13-11-24-12-14-26/h3-7,9,15,24H,8,10-14,16H2,1-2H3,(H,25,27). The van der Waals surface area contributed by atoms with Crippen LogP contribution in [0.3, 0.4) is 0 Å². The summed E-state index contributed by atoms with van der Waals surface area (Å²) in [6.07, 6.45) is 1.10. The van der Waals surface area contributed by atoms with Crippen molar-refractivity contribution in [3.05, 3.63) is 59.2 Å². The number of ether oxygens (including phenoxy) is 1. The van der Waals surface area contributed by atoms with E-state index in [4.69, 9.17) is 4.74 Å². The Balaban J connectivity index is 1.70. The van der Waals surface area contributed by atoms with E-state index >= 15 is 0 Å². The van der Waals surface area contributed by atoms with Gasteiger partial charge >= 0.3 is 0 Å². The lowest BCUT2D eigenvalue weighted by molar-refractivity contribution is -0.131. The molecule has 6 heteroatoms. The summed E-state index contributed by atoms with van der Waals surface area (Å²) in [7, 11) is 0. The zero-order valence-electron chi connectivity index (χ0n) is 17.2. The molecule has 0 unspecified atom stereocenters. The number of benzene rings is 2. The maximum atomic E-state index is 12.5. The van der Waals surface area contributed by atoms with E-state index in [1.54, 1.807) is 0 Å². The summed E-state index contributed by atoms with van der Waals surface area (Å²) in [5, 5.41) is 6.10. The second-order valence-corrected chi connectivity index (χ2v) is 7.36. The van der Waals surface area contributed by atoms with Gasteiger partial charge in [0.2, 0.25) is 11.8 Å². The van der Waals surface area contributed by atoms with Gasteiger partial charge < -0.3 is 20.3 Å². The Morgan fingerprint density at radius 1 is 1.07 bits per heavy atom. The number of rotatable bonds is 7. The van der Waals surface area contributed by atoms with E-state index in [2.05, 4.69) is 10.6 Å². The summed E-state index contributed by atoms with van der Waals surface area (Å²) in [4.78, 5) is 25.7. The van der Waals surface area contributed by atoms with Crippen molar-refractivity contribution in [3.63, 3.8) is 0 Å². The summed E-state index contributed by atoms with van der Waals surface area (Å²) < 4.78 is 6.22. The van der Waals surface area contributed by atoms with Crippen LogP contribution in [0, 0.1) is 6.92 Å². The second-order valence-electron chi connectivity index (χ2n) is 7.36. The van der Waals surface area contributed by atoms with Gasteiger partial charge in [0.05, 0.1) is 0 Å². The molecule has 0 bridgehead atoms. The number of amides is 2. The maximum Gasteiger partial charge on any atom is 0.222 e. The molecule has 0 aromatic heterocycles. The quantitative estimate of drug-likeness (QED) is 0.756. The highest BCUT2D eigenvalue weighted by molar-refractivity contribution is 5.76. The molecule has 1 heterocycles. The van der Waals surface area contributed by atoms with Crippen molar-refractivity contribution < 1.29 is 14.3 Å². The average molecular weight is 396 g/mol. The van der Waals surface area contributed by atoms with Crippen molar-refractivity contribution in [3.8, 4) is 11.5 Å². The molecule has 1 fully saturated rings. The molecule has 2 aromatic rings. The highest BCUT2D eigenvalue weighted by atomic mass is 16.5. The third-order valence-corrected chi connectivity index (χ3v) is 5.01. The Morgan fingerprint density at radius 2 is 1.79 bits per heavy atom. The van der Waals surface area contributed by atoms with Gasteiger partial charge in [0.25, 0.3) is 0 Å². The van der Waals surface area contributed by atoms with Crippen LogP contribution in [-0.2, 0) is 22.6 Å². The summed E-state index contributed by atoms with van der Waals surface area (Å²) in [5.74, 6) is 1.56. The van der Waals surface area contributed by atoms with Gasteiger partial charge in [0.1, 0.15) is 11.5 Å². The molecule has 0 atom stereocenters. The van der Waals surface area contributed by atoms with Crippen LogP contribution < -0.4 is 15.4 Å². The van der Waals surface area contributed by atoms with Crippen LogP contribution in [0.15, 0.2) is 42.5 Å². The first-order valence-electron chi connectivity index (χ1n) is 10.1. The number of aryl methyl sites for hydroxylation is 2. The Bertz CT molecular complexity index is 860. The monoisotopic (exact) mass is 395 g/mol. The summed E-state index contributed by atoms with van der Waals surface area (Å²) in [6, 6.07) is 13.7. The third kappa shape index (κ3) is 6.06. The average Bonchev–Trinajstić information content (AvgIpc) is 2.73. The molecule has 1 saturated heterocycles. The molecule has 6 nitrogen and oxygen atoms in total. The lowest BCUT2D eigenvalue weighted by atomic mass is 10.1. The lowest BCUT2D eigenvalue weighted by Gasteiger charge is -2.27. The van der Waals surface area contributed by atoms with Crippen molar-refractivity contribution in [2.24, 2.45) is 0 Å². The van der Waals surface area contributed by atoms with Crippen molar-refractivity contribution in [2.45, 2.75) is 33.2 Å². The van der Waals surface area contributed by atoms with Crippen LogP contribution in [0.25, 0.3) is 0 Å². The summed E-state index contributed by atoms with van der Waals surface area (Å²) in [5.41, 5.74) is 3.03. The molecule has 2 N–H and O–H groups in total. The van der Waals surface area contributed by atoms with Crippen molar-refractivity contribution in [1.29, 1.82) is 0 Å². The van der Waals surface area contributed by atoms with Crippen molar-refractivity contribution in [2.75, 3.05) is 26.2 Å². The fraction of sp³-hybridized carbons (Fsp3) is 0.391. The first-order chi connectivity index (χ1) is 14.0. The van der Waals surface area contributed by atoms with Gasteiger partial charge in [-0.3, -0.25) is 9.59 Å². The predicted octanol–water partition coefficient (Wildman–Crippen LogP) is 2.79. The first-order valence-corrected chi connectivity index (χ1v) is 10.1. The maximum absolute atomic E-state index is 12.5. The van der Waals surface area contributed by atoms with E-state index in [1.807, 2.05) is 54.3 Å². The highest BCUT2D eigenvalue weighted by Gasteiger charge is 2.17. The molecule has 2 amide bonds. The molecular formula is C23H29N3O3. The molecule has 29 heavy (non-hydrogen) atoms. The van der Waals surface area contributed by atoms with E-state index in [9.17, 15) is 9.59 Å². The minimum Gasteiger partial charge on any atom is -0.457 e. The lowest BCUT2D eigenvalue weighted by Crippen LogP contribution is -2.46. The highest BCUT2D eigenvalue weighted by Crippen LogP contribution is 2.29. The number of piperazine rings is 1. The van der Waals surface area contributed by atoms with Crippen LogP contribution in [0.2, 0.25) is 0 Å². The fourth-order valence-corrected chi connectivity index (χ4v) is 3.41. The van der Waals surface area contributed by atoms with Crippen LogP contribution in [0.5, 0.6) is 11.5 Å².